The number of halogens is 2. The number of pyridine rings is 1. The fourth-order valence-electron chi connectivity index (χ4n) is 7.98. The number of para-hydroxylation sites is 1. The highest BCUT2D eigenvalue weighted by Crippen LogP contribution is 2.32. The highest BCUT2D eigenvalue weighted by atomic mass is 19.3. The summed E-state index contributed by atoms with van der Waals surface area (Å²) >= 11 is 0. The normalized spacial score (nSPS) is 19.6. The van der Waals surface area contributed by atoms with Crippen molar-refractivity contribution in [2.75, 3.05) is 138 Å². The van der Waals surface area contributed by atoms with Crippen molar-refractivity contribution in [3.63, 3.8) is 0 Å². The summed E-state index contributed by atoms with van der Waals surface area (Å²) in [6, 6.07) is 6.86. The van der Waals surface area contributed by atoms with Crippen molar-refractivity contribution in [2.45, 2.75) is 24.8 Å². The van der Waals surface area contributed by atoms with E-state index in [0.29, 0.717) is 82.0 Å². The van der Waals surface area contributed by atoms with E-state index < -0.39 is 61.2 Å². The topological polar surface area (TPSA) is 273 Å². The Kier molecular flexibility index (Phi) is 18.8. The number of carboxylic acid groups (broad SMARTS) is 3. The van der Waals surface area contributed by atoms with E-state index in [1.165, 1.54) is 12.3 Å². The number of aliphatic carboxylic acids is 3. The lowest BCUT2D eigenvalue weighted by molar-refractivity contribution is -0.141. The van der Waals surface area contributed by atoms with Gasteiger partial charge in [-0.3, -0.25) is 63.0 Å². The first kappa shape index (κ1) is 50.9. The van der Waals surface area contributed by atoms with Crippen molar-refractivity contribution in [3.05, 3.63) is 36.0 Å². The molecule has 0 bridgehead atoms. The van der Waals surface area contributed by atoms with Crippen LogP contribution < -0.4 is 15.4 Å². The molecule has 4 amide bonds. The largest absolute Gasteiger partial charge is 0.491 e. The molecule has 360 valence electrons. The lowest BCUT2D eigenvalue weighted by atomic mass is 10.1. The number of amides is 4. The van der Waals surface area contributed by atoms with E-state index >= 15 is 0 Å². The van der Waals surface area contributed by atoms with Crippen molar-refractivity contribution < 1.29 is 62.4 Å². The van der Waals surface area contributed by atoms with Gasteiger partial charge < -0.3 is 40.5 Å². The van der Waals surface area contributed by atoms with Gasteiger partial charge >= 0.3 is 17.9 Å². The lowest BCUT2D eigenvalue weighted by Crippen LogP contribution is -2.54. The molecule has 0 spiro atoms. The predicted octanol–water partition coefficient (Wildman–Crippen LogP) is -1.77. The number of ether oxygens (including phenoxy) is 1. The number of hydrogen-bond acceptors (Lipinski definition) is 15. The molecule has 66 heavy (non-hydrogen) atoms. The zero-order valence-electron chi connectivity index (χ0n) is 36.6. The number of alkyl halides is 2. The van der Waals surface area contributed by atoms with E-state index in [0.717, 1.165) is 4.90 Å². The first-order chi connectivity index (χ1) is 31.5. The van der Waals surface area contributed by atoms with Crippen LogP contribution in [0.1, 0.15) is 23.2 Å². The highest BCUT2D eigenvalue weighted by Gasteiger charge is 2.47. The summed E-state index contributed by atoms with van der Waals surface area (Å²) in [4.78, 5) is 102. The Morgan fingerprint density at radius 2 is 1.26 bits per heavy atom. The van der Waals surface area contributed by atoms with Crippen LogP contribution >= 0.6 is 0 Å². The number of aromatic nitrogens is 1. The molecule has 1 aromatic carbocycles. The van der Waals surface area contributed by atoms with E-state index in [9.17, 15) is 62.9 Å². The molecule has 5 rings (SSSR count). The molecule has 22 nitrogen and oxygen atoms in total. The molecule has 3 aliphatic heterocycles. The molecule has 3 aliphatic rings. The zero-order valence-corrected chi connectivity index (χ0v) is 36.6. The first-order valence-corrected chi connectivity index (χ1v) is 21.7. The highest BCUT2D eigenvalue weighted by molar-refractivity contribution is 6.08. The van der Waals surface area contributed by atoms with Crippen LogP contribution in [0.3, 0.4) is 0 Å². The van der Waals surface area contributed by atoms with E-state index in [4.69, 9.17) is 4.74 Å². The molecule has 3 saturated heterocycles. The van der Waals surface area contributed by atoms with Gasteiger partial charge in [-0.2, -0.15) is 5.26 Å². The number of piperazine rings is 1. The lowest BCUT2D eigenvalue weighted by Gasteiger charge is -2.36. The summed E-state index contributed by atoms with van der Waals surface area (Å²) in [5, 5.41) is 43.3. The van der Waals surface area contributed by atoms with Gasteiger partial charge in [-0.15, -0.1) is 0 Å². The van der Waals surface area contributed by atoms with Crippen LogP contribution in [0.25, 0.3) is 10.9 Å². The number of carbonyl (C=O) groups is 7. The Hall–Kier alpha value is -6.13. The van der Waals surface area contributed by atoms with E-state index in [1.807, 2.05) is 9.80 Å². The van der Waals surface area contributed by atoms with Crippen LogP contribution in [0.2, 0.25) is 0 Å². The van der Waals surface area contributed by atoms with Crippen LogP contribution in [0, 0.1) is 11.3 Å². The number of hydrogen-bond donors (Lipinski definition) is 5. The maximum absolute atomic E-state index is 13.8. The molecule has 24 heteroatoms. The molecular weight excluding hydrogens is 873 g/mol. The maximum Gasteiger partial charge on any atom is 0.317 e. The molecular formula is C42H57F2N11O11. The number of carboxylic acids is 3. The SMILES string of the molecule is N#C[C@@H]1CC(F)(F)CN1C(=O)CNC(=O)c1ccnc2c(OCCCNC(=O)CN3CCN(C(=O)CN4CCN(CC(=O)O)CCN(CC(=O)O)CCN(CC(=O)O)CC4)CC3)cccc12. The Balaban J connectivity index is 1.04. The van der Waals surface area contributed by atoms with Gasteiger partial charge in [0.05, 0.1) is 64.1 Å². The number of likely N-dealkylation sites (tertiary alicyclic amines) is 1. The van der Waals surface area contributed by atoms with Gasteiger partial charge in [0, 0.05) is 103 Å². The predicted molar refractivity (Wildman–Crippen MR) is 230 cm³/mol. The second kappa shape index (κ2) is 24.4. The van der Waals surface area contributed by atoms with Crippen LogP contribution in [0.15, 0.2) is 30.5 Å². The van der Waals surface area contributed by atoms with Gasteiger partial charge in [0.25, 0.3) is 11.8 Å². The number of nitrogens with zero attached hydrogens (tertiary/aromatic N) is 9. The summed E-state index contributed by atoms with van der Waals surface area (Å²) in [6.45, 7) is 2.39. The summed E-state index contributed by atoms with van der Waals surface area (Å²) in [5.74, 6) is -7.71. The summed E-state index contributed by atoms with van der Waals surface area (Å²) < 4.78 is 33.6. The van der Waals surface area contributed by atoms with Gasteiger partial charge in [-0.1, -0.05) is 12.1 Å². The van der Waals surface area contributed by atoms with Crippen molar-refractivity contribution in [2.24, 2.45) is 0 Å². The third-order valence-electron chi connectivity index (χ3n) is 11.5. The van der Waals surface area contributed by atoms with Gasteiger partial charge in [0.1, 0.15) is 17.3 Å². The zero-order chi connectivity index (χ0) is 47.8. The van der Waals surface area contributed by atoms with Gasteiger partial charge in [-0.05, 0) is 18.6 Å². The van der Waals surface area contributed by atoms with Crippen LogP contribution in [0.4, 0.5) is 8.78 Å². The number of nitrogens with one attached hydrogen (secondary N) is 2. The molecule has 2 aromatic rings. The number of carbonyl (C=O) groups excluding carboxylic acids is 4. The minimum Gasteiger partial charge on any atom is -0.491 e. The number of fused-ring (bicyclic) bond motifs is 1. The molecule has 5 N–H and O–H groups in total. The second-order valence-electron chi connectivity index (χ2n) is 16.4. The molecule has 0 saturated carbocycles. The molecule has 0 radical (unpaired) electrons. The molecule has 1 atom stereocenters. The van der Waals surface area contributed by atoms with Gasteiger partial charge in [-0.25, -0.2) is 8.78 Å². The van der Waals surface area contributed by atoms with Crippen LogP contribution in [0.5, 0.6) is 5.75 Å². The van der Waals surface area contributed by atoms with E-state index in [2.05, 4.69) is 15.6 Å². The number of rotatable bonds is 18. The summed E-state index contributed by atoms with van der Waals surface area (Å²) in [6.07, 6.45) is 1.08. The summed E-state index contributed by atoms with van der Waals surface area (Å²) in [5.41, 5.74) is 0.549. The monoisotopic (exact) mass is 929 g/mol. The summed E-state index contributed by atoms with van der Waals surface area (Å²) in [7, 11) is 0. The fraction of sp³-hybridized carbons (Fsp3) is 0.595. The Bertz CT molecular complexity index is 2070. The van der Waals surface area contributed by atoms with E-state index in [1.54, 1.807) is 43.9 Å². The van der Waals surface area contributed by atoms with Crippen molar-refractivity contribution in [1.82, 2.24) is 49.9 Å². The molecule has 3 fully saturated rings. The van der Waals surface area contributed by atoms with Crippen molar-refractivity contribution >= 4 is 52.4 Å². The smallest absolute Gasteiger partial charge is 0.317 e. The minimum atomic E-state index is -3.18. The quantitative estimate of drug-likeness (QED) is 0.104. The fourth-order valence-corrected chi connectivity index (χ4v) is 7.98. The molecule has 4 heterocycles. The standard InChI is InChI=1S/C42H57F2N11O11/c43-42(44)21-30(22-45)55(29-42)35(57)23-48-41(65)32-5-7-47-40-31(32)3-1-4-33(40)66-20-2-6-46-34(56)24-49-16-18-54(19-17-49)36(58)25-50-8-10-51(26-37(59)60)12-14-53(28-39(63)64)15-13-52(11-9-50)27-38(61)62/h1,3-5,7,30H,2,6,8-21,23-29H2,(H,46,56)(H,48,65)(H,59,60)(H,61,62)(H,63,64)/t30-/m0/s1. The maximum atomic E-state index is 13.8. The van der Waals surface area contributed by atoms with Crippen LogP contribution in [-0.4, -0.2) is 246 Å². The van der Waals surface area contributed by atoms with Crippen LogP contribution in [-0.2, 0) is 28.8 Å². The molecule has 0 aliphatic carbocycles. The Morgan fingerprint density at radius 3 is 1.80 bits per heavy atom. The Labute approximate surface area is 379 Å². The third kappa shape index (κ3) is 15.8. The molecule has 1 aromatic heterocycles. The first-order valence-electron chi connectivity index (χ1n) is 21.7. The minimum absolute atomic E-state index is 0.0285. The average molecular weight is 930 g/mol. The molecule has 0 unspecified atom stereocenters. The van der Waals surface area contributed by atoms with Gasteiger partial charge in [0.2, 0.25) is 17.7 Å². The van der Waals surface area contributed by atoms with Crippen molar-refractivity contribution in [1.29, 1.82) is 5.26 Å². The average Bonchev–Trinajstić information content (AvgIpc) is 3.60. The van der Waals surface area contributed by atoms with Crippen molar-refractivity contribution in [3.8, 4) is 11.8 Å². The second-order valence-corrected chi connectivity index (χ2v) is 16.4. The number of nitriles is 1. The van der Waals surface area contributed by atoms with E-state index in [-0.39, 0.29) is 82.9 Å². The Morgan fingerprint density at radius 1 is 0.727 bits per heavy atom. The third-order valence-corrected chi connectivity index (χ3v) is 11.5. The number of benzene rings is 1. The van der Waals surface area contributed by atoms with Gasteiger partial charge in [0.15, 0.2) is 0 Å².